The van der Waals surface area contributed by atoms with Gasteiger partial charge in [-0.25, -0.2) is 0 Å². The predicted molar refractivity (Wildman–Crippen MR) is 76.4 cm³/mol. The molecule has 0 fully saturated rings. The van der Waals surface area contributed by atoms with Crippen LogP contribution in [0.3, 0.4) is 0 Å². The molecule has 0 N–H and O–H groups in total. The summed E-state index contributed by atoms with van der Waals surface area (Å²) >= 11 is 0. The third kappa shape index (κ3) is 4.37. The highest BCUT2D eigenvalue weighted by atomic mass is 19.4. The monoisotopic (exact) mass is 330 g/mol. The highest BCUT2D eigenvalue weighted by Crippen LogP contribution is 2.31. The summed E-state index contributed by atoms with van der Waals surface area (Å²) in [6.45, 7) is 1.68. The van der Waals surface area contributed by atoms with Crippen LogP contribution in [0.1, 0.15) is 29.2 Å². The first kappa shape index (κ1) is 17.1. The molecule has 0 heterocycles. The Bertz CT molecular complexity index is 688. The lowest BCUT2D eigenvalue weighted by Gasteiger charge is -2.09. The summed E-state index contributed by atoms with van der Waals surface area (Å²) in [5.41, 5.74) is 0.261. The van der Waals surface area contributed by atoms with Gasteiger partial charge in [0.1, 0.15) is 0 Å². The van der Waals surface area contributed by atoms with Gasteiger partial charge in [-0.05, 0) is 47.9 Å². The molecule has 2 rings (SSSR count). The maximum Gasteiger partial charge on any atom is 0.416 e. The van der Waals surface area contributed by atoms with Gasteiger partial charge in [0.15, 0.2) is 0 Å². The maximum atomic E-state index is 12.5. The van der Waals surface area contributed by atoms with Gasteiger partial charge in [0.25, 0.3) is 0 Å². The molecule has 0 spiro atoms. The first-order valence-corrected chi connectivity index (χ1v) is 6.60. The van der Waals surface area contributed by atoms with Crippen LogP contribution in [-0.4, -0.2) is 0 Å². The maximum absolute atomic E-state index is 12.5. The zero-order chi connectivity index (χ0) is 17.3. The molecule has 2 aromatic carbocycles. The average Bonchev–Trinajstić information content (AvgIpc) is 2.46. The number of hydrogen-bond acceptors (Lipinski definition) is 0. The fraction of sp³-hybridized carbons (Fsp3) is 0.176. The molecule has 0 saturated carbocycles. The molecular weight excluding hydrogens is 318 g/mol. The van der Waals surface area contributed by atoms with E-state index < -0.39 is 23.5 Å². The molecule has 23 heavy (non-hydrogen) atoms. The van der Waals surface area contributed by atoms with E-state index in [0.29, 0.717) is 16.7 Å². The number of benzene rings is 2. The van der Waals surface area contributed by atoms with Gasteiger partial charge in [-0.2, -0.15) is 26.3 Å². The van der Waals surface area contributed by atoms with E-state index >= 15 is 0 Å². The van der Waals surface area contributed by atoms with E-state index in [9.17, 15) is 26.3 Å². The average molecular weight is 330 g/mol. The molecule has 0 aliphatic heterocycles. The van der Waals surface area contributed by atoms with Gasteiger partial charge in [-0.15, -0.1) is 0 Å². The third-order valence-corrected chi connectivity index (χ3v) is 3.29. The molecule has 0 aliphatic carbocycles. The molecule has 0 radical (unpaired) electrons. The molecular formula is C17H12F6. The highest BCUT2D eigenvalue weighted by Gasteiger charge is 2.30. The second kappa shape index (κ2) is 6.10. The molecule has 0 bridgehead atoms. The van der Waals surface area contributed by atoms with Gasteiger partial charge in [-0.1, -0.05) is 30.3 Å². The largest absolute Gasteiger partial charge is 0.416 e. The van der Waals surface area contributed by atoms with E-state index in [1.165, 1.54) is 24.3 Å². The molecule has 0 amide bonds. The quantitative estimate of drug-likeness (QED) is 0.449. The van der Waals surface area contributed by atoms with Crippen molar-refractivity contribution in [1.82, 2.24) is 0 Å². The van der Waals surface area contributed by atoms with Crippen molar-refractivity contribution in [2.24, 2.45) is 0 Å². The van der Waals surface area contributed by atoms with Crippen molar-refractivity contribution in [1.29, 1.82) is 0 Å². The minimum Gasteiger partial charge on any atom is -0.166 e. The Morgan fingerprint density at radius 2 is 1.09 bits per heavy atom. The zero-order valence-electron chi connectivity index (χ0n) is 12.0. The Kier molecular flexibility index (Phi) is 4.54. The zero-order valence-corrected chi connectivity index (χ0v) is 12.0. The third-order valence-electron chi connectivity index (χ3n) is 3.29. The van der Waals surface area contributed by atoms with E-state index in [-0.39, 0.29) is 0 Å². The smallest absolute Gasteiger partial charge is 0.166 e. The Hall–Kier alpha value is -2.24. The lowest BCUT2D eigenvalue weighted by atomic mass is 10.0. The SMILES string of the molecule is C/C(=C/c1ccc(C(F)(F)F)cc1)c1ccc(C(F)(F)F)cc1. The van der Waals surface area contributed by atoms with E-state index in [1.54, 1.807) is 13.0 Å². The van der Waals surface area contributed by atoms with Crippen LogP contribution >= 0.6 is 0 Å². The van der Waals surface area contributed by atoms with Crippen molar-refractivity contribution in [3.05, 3.63) is 70.8 Å². The summed E-state index contributed by atoms with van der Waals surface area (Å²) in [5.74, 6) is 0. The molecule has 0 atom stereocenters. The van der Waals surface area contributed by atoms with Crippen molar-refractivity contribution >= 4 is 11.6 Å². The van der Waals surface area contributed by atoms with Crippen LogP contribution in [0.5, 0.6) is 0 Å². The van der Waals surface area contributed by atoms with Gasteiger partial charge < -0.3 is 0 Å². The molecule has 0 unspecified atom stereocenters. The van der Waals surface area contributed by atoms with Crippen LogP contribution < -0.4 is 0 Å². The minimum atomic E-state index is -4.40. The molecule has 122 valence electrons. The van der Waals surface area contributed by atoms with E-state index in [4.69, 9.17) is 0 Å². The van der Waals surface area contributed by atoms with E-state index in [0.717, 1.165) is 24.3 Å². The number of allylic oxidation sites excluding steroid dienone is 1. The highest BCUT2D eigenvalue weighted by molar-refractivity contribution is 5.80. The first-order chi connectivity index (χ1) is 10.6. The minimum absolute atomic E-state index is 0.537. The molecule has 0 saturated heterocycles. The standard InChI is InChI=1S/C17H12F6/c1-11(13-4-8-15(9-5-13)17(21,22)23)10-12-2-6-14(7-3-12)16(18,19)20/h2-10H,1H3/b11-10-. The predicted octanol–water partition coefficient (Wildman–Crippen LogP) is 6.28. The number of hydrogen-bond donors (Lipinski definition) is 0. The topological polar surface area (TPSA) is 0 Å². The normalized spacial score (nSPS) is 13.3. The van der Waals surface area contributed by atoms with E-state index in [1.807, 2.05) is 0 Å². The van der Waals surface area contributed by atoms with Crippen molar-refractivity contribution in [2.45, 2.75) is 19.3 Å². The fourth-order valence-electron chi connectivity index (χ4n) is 2.02. The summed E-state index contributed by atoms with van der Waals surface area (Å²) in [7, 11) is 0. The van der Waals surface area contributed by atoms with Crippen LogP contribution in [0.4, 0.5) is 26.3 Å². The molecule has 0 nitrogen and oxygen atoms in total. The van der Waals surface area contributed by atoms with Crippen LogP contribution in [-0.2, 0) is 12.4 Å². The summed E-state index contributed by atoms with van der Waals surface area (Å²) in [4.78, 5) is 0. The van der Waals surface area contributed by atoms with Crippen LogP contribution in [0.25, 0.3) is 11.6 Å². The second-order valence-electron chi connectivity index (χ2n) is 5.02. The van der Waals surface area contributed by atoms with Crippen molar-refractivity contribution in [3.8, 4) is 0 Å². The Morgan fingerprint density at radius 3 is 1.48 bits per heavy atom. The summed E-state index contributed by atoms with van der Waals surface area (Å²) in [6.07, 6.45) is -7.18. The molecule has 6 heteroatoms. The second-order valence-corrected chi connectivity index (χ2v) is 5.02. The lowest BCUT2D eigenvalue weighted by Crippen LogP contribution is -2.04. The summed E-state index contributed by atoms with van der Waals surface area (Å²) in [6, 6.07) is 9.17. The lowest BCUT2D eigenvalue weighted by molar-refractivity contribution is -0.138. The summed E-state index contributed by atoms with van der Waals surface area (Å²) in [5, 5.41) is 0. The van der Waals surface area contributed by atoms with Gasteiger partial charge in [0.2, 0.25) is 0 Å². The van der Waals surface area contributed by atoms with Crippen molar-refractivity contribution in [2.75, 3.05) is 0 Å². The van der Waals surface area contributed by atoms with Crippen LogP contribution in [0.2, 0.25) is 0 Å². The number of halogens is 6. The fourth-order valence-corrected chi connectivity index (χ4v) is 2.02. The molecule has 0 aromatic heterocycles. The Labute approximate surface area is 129 Å². The Balaban J connectivity index is 2.22. The van der Waals surface area contributed by atoms with Crippen LogP contribution in [0, 0.1) is 0 Å². The number of rotatable bonds is 2. The van der Waals surface area contributed by atoms with Crippen LogP contribution in [0.15, 0.2) is 48.5 Å². The van der Waals surface area contributed by atoms with Gasteiger partial charge in [0, 0.05) is 0 Å². The van der Waals surface area contributed by atoms with Crippen molar-refractivity contribution < 1.29 is 26.3 Å². The van der Waals surface area contributed by atoms with Gasteiger partial charge >= 0.3 is 12.4 Å². The van der Waals surface area contributed by atoms with Gasteiger partial charge in [-0.3, -0.25) is 0 Å². The molecule has 0 aliphatic rings. The Morgan fingerprint density at radius 1 is 0.696 bits per heavy atom. The molecule has 2 aromatic rings. The van der Waals surface area contributed by atoms with Gasteiger partial charge in [0.05, 0.1) is 11.1 Å². The van der Waals surface area contributed by atoms with Crippen molar-refractivity contribution in [3.63, 3.8) is 0 Å². The number of alkyl halides is 6. The van der Waals surface area contributed by atoms with E-state index in [2.05, 4.69) is 0 Å². The summed E-state index contributed by atoms with van der Waals surface area (Å²) < 4.78 is 74.9. The first-order valence-electron chi connectivity index (χ1n) is 6.60.